The van der Waals surface area contributed by atoms with Crippen molar-refractivity contribution in [2.45, 2.75) is 31.6 Å². The quantitative estimate of drug-likeness (QED) is 0.822. The predicted molar refractivity (Wildman–Crippen MR) is 108 cm³/mol. The summed E-state index contributed by atoms with van der Waals surface area (Å²) in [6.45, 7) is 5.32. The van der Waals surface area contributed by atoms with Crippen LogP contribution in [0.5, 0.6) is 0 Å². The van der Waals surface area contributed by atoms with Gasteiger partial charge >= 0.3 is 0 Å². The molecule has 0 spiro atoms. The Hall–Kier alpha value is -2.05. The Labute approximate surface area is 165 Å². The highest BCUT2D eigenvalue weighted by atomic mass is 35.5. The minimum atomic E-state index is -3.82. The third-order valence-corrected chi connectivity index (χ3v) is 6.40. The number of amides is 1. The van der Waals surface area contributed by atoms with Crippen LogP contribution in [-0.2, 0) is 10.0 Å². The fraction of sp³-hybridized carbons (Fsp3) is 0.350. The third kappa shape index (κ3) is 4.62. The van der Waals surface area contributed by atoms with E-state index in [4.69, 9.17) is 11.6 Å². The van der Waals surface area contributed by atoms with Gasteiger partial charge in [-0.2, -0.15) is 0 Å². The molecule has 5 nitrogen and oxygen atoms in total. The number of piperidine rings is 1. The molecular weight excluding hydrogens is 384 g/mol. The maximum atomic E-state index is 12.9. The van der Waals surface area contributed by atoms with Gasteiger partial charge in [0.2, 0.25) is 0 Å². The zero-order chi connectivity index (χ0) is 19.6. The maximum Gasteiger partial charge on any atom is 0.261 e. The van der Waals surface area contributed by atoms with E-state index in [9.17, 15) is 13.2 Å². The van der Waals surface area contributed by atoms with Crippen molar-refractivity contribution in [1.82, 2.24) is 4.90 Å². The van der Waals surface area contributed by atoms with E-state index in [0.717, 1.165) is 18.4 Å². The summed E-state index contributed by atoms with van der Waals surface area (Å²) in [5.41, 5.74) is 1.64. The molecule has 7 heteroatoms. The summed E-state index contributed by atoms with van der Waals surface area (Å²) in [4.78, 5) is 14.6. The van der Waals surface area contributed by atoms with Crippen LogP contribution in [0.3, 0.4) is 0 Å². The largest absolute Gasteiger partial charge is 0.338 e. The number of aryl methyl sites for hydroxylation is 1. The van der Waals surface area contributed by atoms with Gasteiger partial charge in [0, 0.05) is 18.8 Å². The number of likely N-dealkylation sites (tertiary alicyclic amines) is 1. The number of benzene rings is 2. The lowest BCUT2D eigenvalue weighted by Crippen LogP contribution is -2.39. The van der Waals surface area contributed by atoms with Gasteiger partial charge in [0.25, 0.3) is 15.9 Å². The molecule has 1 saturated heterocycles. The van der Waals surface area contributed by atoms with Crippen LogP contribution in [-0.4, -0.2) is 32.3 Å². The monoisotopic (exact) mass is 406 g/mol. The van der Waals surface area contributed by atoms with Crippen LogP contribution in [0.1, 0.15) is 35.7 Å². The lowest BCUT2D eigenvalue weighted by molar-refractivity contribution is 0.0683. The summed E-state index contributed by atoms with van der Waals surface area (Å²) in [5.74, 6) is 0.204. The molecule has 1 heterocycles. The molecule has 1 unspecified atom stereocenters. The lowest BCUT2D eigenvalue weighted by atomic mass is 9.99. The minimum Gasteiger partial charge on any atom is -0.338 e. The summed E-state index contributed by atoms with van der Waals surface area (Å²) in [7, 11) is -3.82. The van der Waals surface area contributed by atoms with Crippen LogP contribution in [0.25, 0.3) is 0 Å². The first kappa shape index (κ1) is 19.7. The van der Waals surface area contributed by atoms with Crippen LogP contribution < -0.4 is 4.72 Å². The van der Waals surface area contributed by atoms with Crippen molar-refractivity contribution < 1.29 is 13.2 Å². The topological polar surface area (TPSA) is 66.5 Å². The van der Waals surface area contributed by atoms with Crippen molar-refractivity contribution in [3.8, 4) is 0 Å². The number of anilines is 1. The zero-order valence-electron chi connectivity index (χ0n) is 15.4. The molecule has 27 heavy (non-hydrogen) atoms. The Bertz CT molecular complexity index is 959. The number of hydrogen-bond donors (Lipinski definition) is 1. The number of carbonyl (C=O) groups excluding carboxylic acids is 1. The minimum absolute atomic E-state index is 0.0156. The molecule has 1 atom stereocenters. The fourth-order valence-corrected chi connectivity index (χ4v) is 4.58. The number of nitrogens with zero attached hydrogens (tertiary/aromatic N) is 1. The van der Waals surface area contributed by atoms with Crippen molar-refractivity contribution in [2.75, 3.05) is 17.8 Å². The Kier molecular flexibility index (Phi) is 5.77. The molecule has 0 aromatic heterocycles. The molecule has 0 bridgehead atoms. The molecule has 144 valence electrons. The summed E-state index contributed by atoms with van der Waals surface area (Å²) < 4.78 is 28.0. The third-order valence-electron chi connectivity index (χ3n) is 4.69. The van der Waals surface area contributed by atoms with Gasteiger partial charge < -0.3 is 4.90 Å². The zero-order valence-corrected chi connectivity index (χ0v) is 17.0. The first-order valence-corrected chi connectivity index (χ1v) is 10.8. The predicted octanol–water partition coefficient (Wildman–Crippen LogP) is 4.32. The second-order valence-electron chi connectivity index (χ2n) is 7.12. The number of hydrogen-bond acceptors (Lipinski definition) is 3. The number of sulfonamides is 1. The molecule has 1 fully saturated rings. The van der Waals surface area contributed by atoms with Crippen LogP contribution in [0.15, 0.2) is 47.4 Å². The summed E-state index contributed by atoms with van der Waals surface area (Å²) in [6.07, 6.45) is 2.03. The van der Waals surface area contributed by atoms with E-state index in [2.05, 4.69) is 11.6 Å². The van der Waals surface area contributed by atoms with Crippen molar-refractivity contribution in [3.05, 3.63) is 58.6 Å². The van der Waals surface area contributed by atoms with Crippen LogP contribution in [0, 0.1) is 12.8 Å². The SMILES string of the molecule is Cc1cccc(NS(=O)(=O)c2ccc(Cl)c(C(=O)N3CCCC(C)C3)c2)c1. The van der Waals surface area contributed by atoms with E-state index in [1.54, 1.807) is 23.1 Å². The van der Waals surface area contributed by atoms with Gasteiger partial charge in [-0.3, -0.25) is 9.52 Å². The van der Waals surface area contributed by atoms with E-state index in [0.29, 0.717) is 24.7 Å². The van der Waals surface area contributed by atoms with Crippen molar-refractivity contribution >= 4 is 33.2 Å². The van der Waals surface area contributed by atoms with Gasteiger partial charge in [0.1, 0.15) is 0 Å². The van der Waals surface area contributed by atoms with Crippen molar-refractivity contribution in [2.24, 2.45) is 5.92 Å². The first-order chi connectivity index (χ1) is 12.8. The molecule has 0 saturated carbocycles. The molecule has 2 aromatic carbocycles. The highest BCUT2D eigenvalue weighted by Gasteiger charge is 2.25. The van der Waals surface area contributed by atoms with Gasteiger partial charge in [-0.15, -0.1) is 0 Å². The molecule has 1 aliphatic heterocycles. The van der Waals surface area contributed by atoms with E-state index < -0.39 is 10.0 Å². The Morgan fingerprint density at radius 1 is 1.22 bits per heavy atom. The van der Waals surface area contributed by atoms with Gasteiger partial charge in [-0.25, -0.2) is 8.42 Å². The lowest BCUT2D eigenvalue weighted by Gasteiger charge is -2.31. The average molecular weight is 407 g/mol. The molecular formula is C20H23ClN2O3S. The Balaban J connectivity index is 1.89. The molecule has 3 rings (SSSR count). The van der Waals surface area contributed by atoms with Gasteiger partial charge in [0.15, 0.2) is 0 Å². The van der Waals surface area contributed by atoms with Crippen molar-refractivity contribution in [1.29, 1.82) is 0 Å². The van der Waals surface area contributed by atoms with E-state index >= 15 is 0 Å². The van der Waals surface area contributed by atoms with E-state index in [1.165, 1.54) is 18.2 Å². The van der Waals surface area contributed by atoms with Gasteiger partial charge in [0.05, 0.1) is 15.5 Å². The van der Waals surface area contributed by atoms with Gasteiger partial charge in [-0.05, 0) is 61.6 Å². The second-order valence-corrected chi connectivity index (χ2v) is 9.20. The summed E-state index contributed by atoms with van der Waals surface area (Å²) >= 11 is 6.22. The van der Waals surface area contributed by atoms with Crippen LogP contribution in [0.2, 0.25) is 5.02 Å². The Morgan fingerprint density at radius 2 is 2.00 bits per heavy atom. The molecule has 2 aromatic rings. The fourth-order valence-electron chi connectivity index (χ4n) is 3.30. The highest BCUT2D eigenvalue weighted by molar-refractivity contribution is 7.92. The van der Waals surface area contributed by atoms with E-state index in [1.807, 2.05) is 13.0 Å². The molecule has 1 aliphatic rings. The molecule has 0 aliphatic carbocycles. The molecule has 0 radical (unpaired) electrons. The molecule has 1 amide bonds. The smallest absolute Gasteiger partial charge is 0.261 e. The standard InChI is InChI=1S/C20H23ClN2O3S/c1-14-5-3-7-16(11-14)22-27(25,26)17-8-9-19(21)18(12-17)20(24)23-10-4-6-15(2)13-23/h3,5,7-9,11-12,15,22H,4,6,10,13H2,1-2H3. The van der Waals surface area contributed by atoms with Crippen LogP contribution >= 0.6 is 11.6 Å². The maximum absolute atomic E-state index is 12.9. The second kappa shape index (κ2) is 7.90. The number of nitrogens with one attached hydrogen (secondary N) is 1. The van der Waals surface area contributed by atoms with Crippen LogP contribution in [0.4, 0.5) is 5.69 Å². The average Bonchev–Trinajstić information content (AvgIpc) is 2.61. The molecule has 1 N–H and O–H groups in total. The van der Waals surface area contributed by atoms with Gasteiger partial charge in [-0.1, -0.05) is 30.7 Å². The number of rotatable bonds is 4. The van der Waals surface area contributed by atoms with E-state index in [-0.39, 0.29) is 21.4 Å². The number of halogens is 1. The van der Waals surface area contributed by atoms with Crippen molar-refractivity contribution in [3.63, 3.8) is 0 Å². The first-order valence-electron chi connectivity index (χ1n) is 8.94. The highest BCUT2D eigenvalue weighted by Crippen LogP contribution is 2.26. The Morgan fingerprint density at radius 3 is 2.70 bits per heavy atom. The summed E-state index contributed by atoms with van der Waals surface area (Å²) in [5, 5.41) is 0.257. The summed E-state index contributed by atoms with van der Waals surface area (Å²) in [6, 6.07) is 11.3. The normalized spacial score (nSPS) is 17.6. The number of carbonyl (C=O) groups is 1.